The van der Waals surface area contributed by atoms with E-state index in [-0.39, 0.29) is 0 Å². The molecule has 18 heavy (non-hydrogen) atoms. The number of pyridine rings is 1. The van der Waals surface area contributed by atoms with Crippen LogP contribution in [0.1, 0.15) is 5.69 Å². The number of aromatic nitrogens is 1. The zero-order chi connectivity index (χ0) is 13.1. The molecule has 0 saturated carbocycles. The third-order valence-electron chi connectivity index (χ3n) is 2.22. The summed E-state index contributed by atoms with van der Waals surface area (Å²) in [6.07, 6.45) is 1.71. The van der Waals surface area contributed by atoms with E-state index in [0.29, 0.717) is 10.7 Å². The van der Waals surface area contributed by atoms with Gasteiger partial charge in [0, 0.05) is 13.7 Å². The minimum absolute atomic E-state index is 0.304. The quantitative estimate of drug-likeness (QED) is 0.570. The molecule has 6 heteroatoms. The molecule has 1 aromatic carbocycles. The van der Waals surface area contributed by atoms with E-state index in [0.717, 1.165) is 15.8 Å². The number of benzene rings is 1. The van der Waals surface area contributed by atoms with Gasteiger partial charge in [0.15, 0.2) is 0 Å². The van der Waals surface area contributed by atoms with Gasteiger partial charge in [-0.05, 0) is 68.9 Å². The number of nitrogens with zero attached hydrogens (tertiary/aromatic N) is 1. The van der Waals surface area contributed by atoms with Crippen molar-refractivity contribution in [3.8, 4) is 0 Å². The molecular formula is C12H9BrIN3S. The van der Waals surface area contributed by atoms with E-state index < -0.39 is 0 Å². The van der Waals surface area contributed by atoms with Gasteiger partial charge in [0.1, 0.15) is 4.99 Å². The predicted molar refractivity (Wildman–Crippen MR) is 90.3 cm³/mol. The minimum Gasteiger partial charge on any atom is -0.388 e. The first-order valence-electron chi connectivity index (χ1n) is 5.04. The number of halogens is 2. The lowest BCUT2D eigenvalue weighted by Gasteiger charge is -2.07. The molecule has 0 spiro atoms. The molecule has 0 fully saturated rings. The first-order valence-corrected chi connectivity index (χ1v) is 7.32. The van der Waals surface area contributed by atoms with E-state index >= 15 is 0 Å². The van der Waals surface area contributed by atoms with Crippen LogP contribution in [0.4, 0.5) is 11.4 Å². The SMILES string of the molecule is NC(=S)c1ccc(Nc2ccc(I)c(Br)c2)cn1. The Morgan fingerprint density at radius 3 is 2.56 bits per heavy atom. The fourth-order valence-electron chi connectivity index (χ4n) is 1.35. The minimum atomic E-state index is 0.304. The van der Waals surface area contributed by atoms with Crippen LogP contribution in [0.5, 0.6) is 0 Å². The monoisotopic (exact) mass is 433 g/mol. The van der Waals surface area contributed by atoms with Gasteiger partial charge in [-0.2, -0.15) is 0 Å². The lowest BCUT2D eigenvalue weighted by atomic mass is 10.3. The molecule has 2 aromatic rings. The highest BCUT2D eigenvalue weighted by Crippen LogP contribution is 2.24. The van der Waals surface area contributed by atoms with Crippen LogP contribution in [0.25, 0.3) is 0 Å². The van der Waals surface area contributed by atoms with Gasteiger partial charge in [0.2, 0.25) is 0 Å². The molecule has 2 rings (SSSR count). The van der Waals surface area contributed by atoms with E-state index in [1.165, 1.54) is 3.57 Å². The number of hydrogen-bond donors (Lipinski definition) is 2. The van der Waals surface area contributed by atoms with Crippen LogP contribution < -0.4 is 11.1 Å². The molecule has 0 amide bonds. The second-order valence-corrected chi connectivity index (χ2v) is 6.01. The molecule has 0 radical (unpaired) electrons. The summed E-state index contributed by atoms with van der Waals surface area (Å²) in [6.45, 7) is 0. The summed E-state index contributed by atoms with van der Waals surface area (Å²) >= 11 is 10.6. The average molecular weight is 434 g/mol. The number of nitrogens with one attached hydrogen (secondary N) is 1. The molecule has 0 aliphatic carbocycles. The van der Waals surface area contributed by atoms with Crippen LogP contribution in [0, 0.1) is 3.57 Å². The Balaban J connectivity index is 2.18. The topological polar surface area (TPSA) is 50.9 Å². The molecule has 0 saturated heterocycles. The van der Waals surface area contributed by atoms with Gasteiger partial charge < -0.3 is 11.1 Å². The fourth-order valence-corrected chi connectivity index (χ4v) is 2.19. The van der Waals surface area contributed by atoms with Gasteiger partial charge in [0.25, 0.3) is 0 Å². The second kappa shape index (κ2) is 5.94. The summed E-state index contributed by atoms with van der Waals surface area (Å²) in [5.74, 6) is 0. The molecule has 3 N–H and O–H groups in total. The summed E-state index contributed by atoms with van der Waals surface area (Å²) in [7, 11) is 0. The molecule has 92 valence electrons. The van der Waals surface area contributed by atoms with Crippen molar-refractivity contribution in [1.29, 1.82) is 0 Å². The molecule has 0 bridgehead atoms. The highest BCUT2D eigenvalue weighted by atomic mass is 127. The lowest BCUT2D eigenvalue weighted by molar-refractivity contribution is 1.29. The van der Waals surface area contributed by atoms with E-state index in [4.69, 9.17) is 18.0 Å². The molecule has 0 unspecified atom stereocenters. The number of anilines is 2. The van der Waals surface area contributed by atoms with Gasteiger partial charge in [0.05, 0.1) is 17.6 Å². The molecule has 1 heterocycles. The maximum Gasteiger partial charge on any atom is 0.122 e. The van der Waals surface area contributed by atoms with Gasteiger partial charge in [-0.3, -0.25) is 4.98 Å². The van der Waals surface area contributed by atoms with Crippen molar-refractivity contribution >= 4 is 67.1 Å². The summed E-state index contributed by atoms with van der Waals surface area (Å²) in [5, 5.41) is 3.26. The normalized spacial score (nSPS) is 10.1. The average Bonchev–Trinajstić information content (AvgIpc) is 2.34. The van der Waals surface area contributed by atoms with Crippen LogP contribution >= 0.6 is 50.7 Å². The van der Waals surface area contributed by atoms with E-state index in [9.17, 15) is 0 Å². The fraction of sp³-hybridized carbons (Fsp3) is 0. The second-order valence-electron chi connectivity index (χ2n) is 3.55. The van der Waals surface area contributed by atoms with Crippen molar-refractivity contribution in [1.82, 2.24) is 4.98 Å². The van der Waals surface area contributed by atoms with Crippen LogP contribution in [0.15, 0.2) is 41.0 Å². The third-order valence-corrected chi connectivity index (χ3v) is 4.77. The smallest absolute Gasteiger partial charge is 0.122 e. The first-order chi connectivity index (χ1) is 8.56. The number of hydrogen-bond acceptors (Lipinski definition) is 3. The summed E-state index contributed by atoms with van der Waals surface area (Å²) < 4.78 is 2.22. The van der Waals surface area contributed by atoms with Gasteiger partial charge in [-0.25, -0.2) is 0 Å². The van der Waals surface area contributed by atoms with Crippen LogP contribution in [0.2, 0.25) is 0 Å². The molecule has 1 aromatic heterocycles. The first kappa shape index (κ1) is 13.7. The molecule has 0 aliphatic heterocycles. The Hall–Kier alpha value is -0.730. The largest absolute Gasteiger partial charge is 0.388 e. The van der Waals surface area contributed by atoms with Crippen molar-refractivity contribution in [3.05, 3.63) is 50.3 Å². The lowest BCUT2D eigenvalue weighted by Crippen LogP contribution is -2.11. The Labute approximate surface area is 132 Å². The van der Waals surface area contributed by atoms with E-state index in [1.54, 1.807) is 12.3 Å². The summed E-state index contributed by atoms with van der Waals surface area (Å²) in [5.41, 5.74) is 8.00. The number of nitrogens with two attached hydrogens (primary N) is 1. The van der Waals surface area contributed by atoms with Crippen molar-refractivity contribution < 1.29 is 0 Å². The molecule has 3 nitrogen and oxygen atoms in total. The van der Waals surface area contributed by atoms with Crippen molar-refractivity contribution in [3.63, 3.8) is 0 Å². The number of rotatable bonds is 3. The van der Waals surface area contributed by atoms with Crippen LogP contribution in [0.3, 0.4) is 0 Å². The van der Waals surface area contributed by atoms with Crippen LogP contribution in [-0.2, 0) is 0 Å². The molecule has 0 atom stereocenters. The number of thiocarbonyl (C=S) groups is 1. The Bertz CT molecular complexity index is 586. The highest BCUT2D eigenvalue weighted by Gasteiger charge is 2.01. The van der Waals surface area contributed by atoms with Gasteiger partial charge in [-0.15, -0.1) is 0 Å². The Kier molecular flexibility index (Phi) is 4.52. The zero-order valence-corrected chi connectivity index (χ0v) is 13.7. The van der Waals surface area contributed by atoms with Crippen molar-refractivity contribution in [2.24, 2.45) is 5.73 Å². The van der Waals surface area contributed by atoms with Gasteiger partial charge in [-0.1, -0.05) is 12.2 Å². The van der Waals surface area contributed by atoms with Gasteiger partial charge >= 0.3 is 0 Å². The summed E-state index contributed by atoms with van der Waals surface area (Å²) in [4.78, 5) is 4.48. The van der Waals surface area contributed by atoms with Crippen LogP contribution in [-0.4, -0.2) is 9.97 Å². The van der Waals surface area contributed by atoms with Crippen molar-refractivity contribution in [2.45, 2.75) is 0 Å². The van der Waals surface area contributed by atoms with E-state index in [2.05, 4.69) is 48.8 Å². The Morgan fingerprint density at radius 2 is 2.00 bits per heavy atom. The maximum atomic E-state index is 5.49. The van der Waals surface area contributed by atoms with Crippen molar-refractivity contribution in [2.75, 3.05) is 5.32 Å². The molecular weight excluding hydrogens is 425 g/mol. The van der Waals surface area contributed by atoms with E-state index in [1.807, 2.05) is 24.3 Å². The zero-order valence-electron chi connectivity index (χ0n) is 9.15. The summed E-state index contributed by atoms with van der Waals surface area (Å²) in [6, 6.07) is 9.75. The predicted octanol–water partition coefficient (Wildman–Crippen LogP) is 3.83. The molecule has 0 aliphatic rings. The highest BCUT2D eigenvalue weighted by molar-refractivity contribution is 14.1. The Morgan fingerprint density at radius 1 is 1.28 bits per heavy atom. The third kappa shape index (κ3) is 3.39. The standard InChI is InChI=1S/C12H9BrIN3S/c13-9-5-7(1-3-10(9)14)17-8-2-4-11(12(15)18)16-6-8/h1-6,17H,(H2,15,18). The maximum absolute atomic E-state index is 5.49.